The van der Waals surface area contributed by atoms with Crippen LogP contribution in [-0.2, 0) is 4.79 Å². The third-order valence-corrected chi connectivity index (χ3v) is 3.83. The summed E-state index contributed by atoms with van der Waals surface area (Å²) in [5, 5.41) is 6.08. The second kappa shape index (κ2) is 9.72. The number of carbonyl (C=O) groups excluding carboxylic acids is 1. The number of allylic oxidation sites excluding steroid dienone is 1. The topological polar surface area (TPSA) is 50.4 Å². The molecular weight excluding hydrogens is 288 g/mol. The Bertz CT molecular complexity index is 535. The largest absolute Gasteiger partial charge is 0.490 e. The summed E-state index contributed by atoms with van der Waals surface area (Å²) in [4.78, 5) is 11.8. The van der Waals surface area contributed by atoms with Crippen molar-refractivity contribution in [2.75, 3.05) is 25.0 Å². The van der Waals surface area contributed by atoms with Crippen LogP contribution < -0.4 is 15.4 Å². The van der Waals surface area contributed by atoms with Crippen molar-refractivity contribution in [1.29, 1.82) is 0 Å². The van der Waals surface area contributed by atoms with Gasteiger partial charge in [-0.2, -0.15) is 0 Å². The molecule has 2 N–H and O–H groups in total. The number of hydrogen-bond donors (Lipinski definition) is 2. The Balaban J connectivity index is 1.63. The zero-order valence-corrected chi connectivity index (χ0v) is 13.6. The number of carbonyl (C=O) groups is 1. The highest BCUT2D eigenvalue weighted by Crippen LogP contribution is 2.19. The Labute approximate surface area is 138 Å². The third kappa shape index (κ3) is 6.59. The van der Waals surface area contributed by atoms with Crippen molar-refractivity contribution in [3.8, 4) is 5.75 Å². The molecule has 0 atom stereocenters. The lowest BCUT2D eigenvalue weighted by Crippen LogP contribution is -2.30. The predicted octanol–water partition coefficient (Wildman–Crippen LogP) is 3.67. The first-order valence-corrected chi connectivity index (χ1v) is 8.30. The Morgan fingerprint density at radius 1 is 1.26 bits per heavy atom. The van der Waals surface area contributed by atoms with E-state index in [-0.39, 0.29) is 12.5 Å². The normalized spacial score (nSPS) is 13.8. The molecule has 0 radical (unpaired) electrons. The van der Waals surface area contributed by atoms with Gasteiger partial charge >= 0.3 is 0 Å². The van der Waals surface area contributed by atoms with Crippen molar-refractivity contribution in [2.24, 2.45) is 0 Å². The zero-order chi connectivity index (χ0) is 16.3. The first-order chi connectivity index (χ1) is 11.3. The number of ether oxygens (including phenoxy) is 1. The molecule has 0 fully saturated rings. The molecule has 0 saturated carbocycles. The molecule has 1 aliphatic rings. The lowest BCUT2D eigenvalue weighted by Gasteiger charge is -2.13. The standard InChI is InChI=1S/C19H26N2O2/c1-2-14-23-18-10-8-17(9-11-18)21-15-19(22)20-13-12-16-6-4-3-5-7-16/h2,6,8-11,21H,1,3-5,7,12-15H2,(H,20,22). The molecule has 0 bridgehead atoms. The minimum Gasteiger partial charge on any atom is -0.490 e. The number of rotatable bonds is 9. The summed E-state index contributed by atoms with van der Waals surface area (Å²) in [7, 11) is 0. The molecule has 1 aromatic rings. The Morgan fingerprint density at radius 3 is 2.78 bits per heavy atom. The maximum Gasteiger partial charge on any atom is 0.239 e. The van der Waals surface area contributed by atoms with E-state index in [0.29, 0.717) is 6.61 Å². The monoisotopic (exact) mass is 314 g/mol. The highest BCUT2D eigenvalue weighted by atomic mass is 16.5. The summed E-state index contributed by atoms with van der Waals surface area (Å²) in [6.07, 6.45) is 9.97. The smallest absolute Gasteiger partial charge is 0.239 e. The van der Waals surface area contributed by atoms with E-state index in [1.165, 1.54) is 31.3 Å². The van der Waals surface area contributed by atoms with Crippen molar-refractivity contribution in [1.82, 2.24) is 5.32 Å². The van der Waals surface area contributed by atoms with Crippen LogP contribution in [0.25, 0.3) is 0 Å². The maximum atomic E-state index is 11.8. The summed E-state index contributed by atoms with van der Waals surface area (Å²) in [5.74, 6) is 0.814. The summed E-state index contributed by atoms with van der Waals surface area (Å²) in [6, 6.07) is 7.55. The predicted molar refractivity (Wildman–Crippen MR) is 94.8 cm³/mol. The quantitative estimate of drug-likeness (QED) is 0.684. The van der Waals surface area contributed by atoms with Gasteiger partial charge in [-0.25, -0.2) is 0 Å². The first kappa shape index (κ1) is 17.1. The molecule has 0 unspecified atom stereocenters. The van der Waals surface area contributed by atoms with Gasteiger partial charge < -0.3 is 15.4 Å². The van der Waals surface area contributed by atoms with E-state index in [1.807, 2.05) is 24.3 Å². The van der Waals surface area contributed by atoms with Gasteiger partial charge in [-0.15, -0.1) is 0 Å². The van der Waals surface area contributed by atoms with Crippen LogP contribution in [0, 0.1) is 0 Å². The fraction of sp³-hybridized carbons (Fsp3) is 0.421. The molecule has 2 rings (SSSR count). The molecule has 23 heavy (non-hydrogen) atoms. The number of anilines is 1. The summed E-state index contributed by atoms with van der Waals surface area (Å²) in [6.45, 7) is 5.11. The third-order valence-electron chi connectivity index (χ3n) is 3.83. The molecule has 0 aromatic heterocycles. The van der Waals surface area contributed by atoms with Crippen LogP contribution >= 0.6 is 0 Å². The van der Waals surface area contributed by atoms with Gasteiger partial charge in [-0.3, -0.25) is 4.79 Å². The summed E-state index contributed by atoms with van der Waals surface area (Å²) in [5.41, 5.74) is 2.39. The average molecular weight is 314 g/mol. The minimum absolute atomic E-state index is 0.0217. The van der Waals surface area contributed by atoms with Crippen molar-refractivity contribution in [2.45, 2.75) is 32.1 Å². The van der Waals surface area contributed by atoms with Gasteiger partial charge in [-0.05, 0) is 56.4 Å². The fourth-order valence-corrected chi connectivity index (χ4v) is 2.56. The minimum atomic E-state index is 0.0217. The highest BCUT2D eigenvalue weighted by Gasteiger charge is 2.05. The van der Waals surface area contributed by atoms with Crippen molar-refractivity contribution in [3.05, 3.63) is 48.6 Å². The number of hydrogen-bond acceptors (Lipinski definition) is 3. The van der Waals surface area contributed by atoms with Crippen LogP contribution in [0.5, 0.6) is 5.75 Å². The van der Waals surface area contributed by atoms with Crippen LogP contribution in [0.2, 0.25) is 0 Å². The second-order valence-electron chi connectivity index (χ2n) is 5.69. The van der Waals surface area contributed by atoms with E-state index in [9.17, 15) is 4.79 Å². The molecule has 1 amide bonds. The SMILES string of the molecule is C=CCOc1ccc(NCC(=O)NCCC2=CCCCC2)cc1. The second-order valence-corrected chi connectivity index (χ2v) is 5.69. The lowest BCUT2D eigenvalue weighted by molar-refractivity contribution is -0.119. The Hall–Kier alpha value is -2.23. The van der Waals surface area contributed by atoms with Gasteiger partial charge in [0.25, 0.3) is 0 Å². The van der Waals surface area contributed by atoms with Gasteiger partial charge in [0, 0.05) is 12.2 Å². The molecule has 0 aliphatic heterocycles. The fourth-order valence-electron chi connectivity index (χ4n) is 2.56. The van der Waals surface area contributed by atoms with E-state index in [2.05, 4.69) is 23.3 Å². The van der Waals surface area contributed by atoms with E-state index >= 15 is 0 Å². The van der Waals surface area contributed by atoms with E-state index in [1.54, 1.807) is 6.08 Å². The molecule has 0 saturated heterocycles. The van der Waals surface area contributed by atoms with Gasteiger partial charge in [-0.1, -0.05) is 24.3 Å². The van der Waals surface area contributed by atoms with Crippen molar-refractivity contribution >= 4 is 11.6 Å². The molecule has 1 aromatic carbocycles. The Kier molecular flexibility index (Phi) is 7.24. The zero-order valence-electron chi connectivity index (χ0n) is 13.6. The van der Waals surface area contributed by atoms with Crippen molar-refractivity contribution in [3.63, 3.8) is 0 Å². The van der Waals surface area contributed by atoms with Gasteiger partial charge in [0.2, 0.25) is 5.91 Å². The first-order valence-electron chi connectivity index (χ1n) is 8.30. The van der Waals surface area contributed by atoms with Crippen LogP contribution in [0.3, 0.4) is 0 Å². The van der Waals surface area contributed by atoms with E-state index in [0.717, 1.165) is 24.4 Å². The van der Waals surface area contributed by atoms with Gasteiger partial charge in [0.1, 0.15) is 12.4 Å². The van der Waals surface area contributed by atoms with Crippen molar-refractivity contribution < 1.29 is 9.53 Å². The molecule has 1 aliphatic carbocycles. The molecule has 0 spiro atoms. The van der Waals surface area contributed by atoms with Gasteiger partial charge in [0.15, 0.2) is 0 Å². The molecule has 4 heteroatoms. The molecule has 0 heterocycles. The van der Waals surface area contributed by atoms with Crippen LogP contribution in [0.4, 0.5) is 5.69 Å². The number of nitrogens with one attached hydrogen (secondary N) is 2. The van der Waals surface area contributed by atoms with Gasteiger partial charge in [0.05, 0.1) is 6.54 Å². The highest BCUT2D eigenvalue weighted by molar-refractivity contribution is 5.80. The maximum absolute atomic E-state index is 11.8. The molecule has 4 nitrogen and oxygen atoms in total. The number of benzene rings is 1. The molecule has 124 valence electrons. The lowest BCUT2D eigenvalue weighted by atomic mass is 9.97. The number of amides is 1. The summed E-state index contributed by atoms with van der Waals surface area (Å²) >= 11 is 0. The van der Waals surface area contributed by atoms with Crippen LogP contribution in [0.1, 0.15) is 32.1 Å². The average Bonchev–Trinajstić information content (AvgIpc) is 2.60. The molecular formula is C19H26N2O2. The van der Waals surface area contributed by atoms with Crippen LogP contribution in [0.15, 0.2) is 48.6 Å². The Morgan fingerprint density at radius 2 is 2.09 bits per heavy atom. The summed E-state index contributed by atoms with van der Waals surface area (Å²) < 4.78 is 5.42. The van der Waals surface area contributed by atoms with Crippen LogP contribution in [-0.4, -0.2) is 25.6 Å². The van der Waals surface area contributed by atoms with E-state index < -0.39 is 0 Å². The van der Waals surface area contributed by atoms with E-state index in [4.69, 9.17) is 4.74 Å².